The van der Waals surface area contributed by atoms with Gasteiger partial charge in [-0.05, 0) is 31.7 Å². The van der Waals surface area contributed by atoms with Crippen LogP contribution in [0.2, 0.25) is 0 Å². The standard InChI is InChI=1S/C11H17NS/c1-4-6-9(2)12-10(3)11-7-5-8-13-11/h4-5,7-10,12H,1,6H2,2-3H3. The van der Waals surface area contributed by atoms with E-state index in [-0.39, 0.29) is 0 Å². The van der Waals surface area contributed by atoms with E-state index in [9.17, 15) is 0 Å². The second kappa shape index (κ2) is 5.20. The van der Waals surface area contributed by atoms with E-state index in [0.29, 0.717) is 12.1 Å². The van der Waals surface area contributed by atoms with Crippen molar-refractivity contribution in [1.29, 1.82) is 0 Å². The van der Waals surface area contributed by atoms with Crippen LogP contribution in [0, 0.1) is 0 Å². The summed E-state index contributed by atoms with van der Waals surface area (Å²) in [6.07, 6.45) is 2.98. The van der Waals surface area contributed by atoms with Gasteiger partial charge in [-0.3, -0.25) is 0 Å². The van der Waals surface area contributed by atoms with E-state index in [2.05, 4.69) is 43.3 Å². The number of hydrogen-bond acceptors (Lipinski definition) is 2. The minimum absolute atomic E-state index is 0.454. The highest BCUT2D eigenvalue weighted by molar-refractivity contribution is 7.10. The Morgan fingerprint density at radius 1 is 1.62 bits per heavy atom. The average Bonchev–Trinajstić information content (AvgIpc) is 2.55. The quantitative estimate of drug-likeness (QED) is 0.710. The molecular formula is C11H17NS. The summed E-state index contributed by atoms with van der Waals surface area (Å²) >= 11 is 1.80. The summed E-state index contributed by atoms with van der Waals surface area (Å²) in [5.74, 6) is 0. The highest BCUT2D eigenvalue weighted by Crippen LogP contribution is 2.18. The molecule has 0 saturated carbocycles. The van der Waals surface area contributed by atoms with Gasteiger partial charge in [0.05, 0.1) is 0 Å². The van der Waals surface area contributed by atoms with Gasteiger partial charge in [0.15, 0.2) is 0 Å². The average molecular weight is 195 g/mol. The molecule has 0 bridgehead atoms. The van der Waals surface area contributed by atoms with Gasteiger partial charge in [0, 0.05) is 17.0 Å². The summed E-state index contributed by atoms with van der Waals surface area (Å²) in [6, 6.07) is 5.23. The molecule has 2 unspecified atom stereocenters. The number of nitrogens with one attached hydrogen (secondary N) is 1. The van der Waals surface area contributed by atoms with Crippen molar-refractivity contribution in [2.75, 3.05) is 0 Å². The third-order valence-corrected chi connectivity index (χ3v) is 3.08. The molecule has 0 radical (unpaired) electrons. The summed E-state index contributed by atoms with van der Waals surface area (Å²) in [7, 11) is 0. The molecule has 0 aliphatic carbocycles. The number of hydrogen-bond donors (Lipinski definition) is 1. The predicted molar refractivity (Wildman–Crippen MR) is 60.1 cm³/mol. The van der Waals surface area contributed by atoms with Crippen LogP contribution >= 0.6 is 11.3 Å². The molecule has 2 heteroatoms. The van der Waals surface area contributed by atoms with Crippen molar-refractivity contribution in [3.8, 4) is 0 Å². The molecule has 2 atom stereocenters. The molecule has 0 aromatic carbocycles. The molecule has 0 amide bonds. The second-order valence-electron chi connectivity index (χ2n) is 3.33. The van der Waals surface area contributed by atoms with Gasteiger partial charge in [-0.2, -0.15) is 0 Å². The van der Waals surface area contributed by atoms with Crippen LogP contribution in [0.1, 0.15) is 31.2 Å². The maximum atomic E-state index is 3.73. The zero-order valence-corrected chi connectivity index (χ0v) is 9.10. The first-order valence-electron chi connectivity index (χ1n) is 4.64. The molecule has 1 nitrogen and oxygen atoms in total. The lowest BCUT2D eigenvalue weighted by Gasteiger charge is -2.17. The minimum Gasteiger partial charge on any atom is -0.307 e. The fourth-order valence-corrected chi connectivity index (χ4v) is 2.11. The van der Waals surface area contributed by atoms with E-state index in [1.54, 1.807) is 11.3 Å². The zero-order chi connectivity index (χ0) is 9.68. The van der Waals surface area contributed by atoms with Gasteiger partial charge >= 0.3 is 0 Å². The topological polar surface area (TPSA) is 12.0 Å². The van der Waals surface area contributed by atoms with Crippen molar-refractivity contribution >= 4 is 11.3 Å². The molecule has 72 valence electrons. The first-order valence-corrected chi connectivity index (χ1v) is 5.52. The van der Waals surface area contributed by atoms with Crippen LogP contribution in [-0.4, -0.2) is 6.04 Å². The van der Waals surface area contributed by atoms with Crippen molar-refractivity contribution in [3.05, 3.63) is 35.0 Å². The van der Waals surface area contributed by atoms with Crippen molar-refractivity contribution < 1.29 is 0 Å². The van der Waals surface area contributed by atoms with Gasteiger partial charge in [-0.15, -0.1) is 17.9 Å². The first-order chi connectivity index (χ1) is 6.24. The Morgan fingerprint density at radius 3 is 2.92 bits per heavy atom. The Morgan fingerprint density at radius 2 is 2.38 bits per heavy atom. The Bertz CT molecular complexity index is 241. The lowest BCUT2D eigenvalue weighted by Crippen LogP contribution is -2.27. The molecule has 1 heterocycles. The van der Waals surface area contributed by atoms with Crippen molar-refractivity contribution in [3.63, 3.8) is 0 Å². The molecule has 0 aliphatic rings. The fourth-order valence-electron chi connectivity index (χ4n) is 1.36. The van der Waals surface area contributed by atoms with Crippen LogP contribution in [0.4, 0.5) is 0 Å². The first kappa shape index (κ1) is 10.5. The molecule has 0 spiro atoms. The Labute approximate surface area is 84.5 Å². The van der Waals surface area contributed by atoms with Crippen LogP contribution in [0.5, 0.6) is 0 Å². The summed E-state index contributed by atoms with van der Waals surface area (Å²) in [4.78, 5) is 1.40. The Balaban J connectivity index is 2.41. The highest BCUT2D eigenvalue weighted by Gasteiger charge is 2.08. The van der Waals surface area contributed by atoms with Crippen molar-refractivity contribution in [2.24, 2.45) is 0 Å². The molecule has 0 aliphatic heterocycles. The Kier molecular flexibility index (Phi) is 4.19. The second-order valence-corrected chi connectivity index (χ2v) is 4.31. The third-order valence-electron chi connectivity index (χ3n) is 2.02. The zero-order valence-electron chi connectivity index (χ0n) is 8.29. The van der Waals surface area contributed by atoms with Crippen LogP contribution in [0.25, 0.3) is 0 Å². The van der Waals surface area contributed by atoms with Crippen LogP contribution in [0.3, 0.4) is 0 Å². The highest BCUT2D eigenvalue weighted by atomic mass is 32.1. The van der Waals surface area contributed by atoms with Crippen LogP contribution in [-0.2, 0) is 0 Å². The molecule has 1 aromatic heterocycles. The van der Waals surface area contributed by atoms with Gasteiger partial charge in [-0.25, -0.2) is 0 Å². The molecule has 13 heavy (non-hydrogen) atoms. The van der Waals surface area contributed by atoms with Gasteiger partial charge in [0.25, 0.3) is 0 Å². The number of thiophene rings is 1. The fraction of sp³-hybridized carbons (Fsp3) is 0.455. The lowest BCUT2D eigenvalue weighted by atomic mass is 10.2. The van der Waals surface area contributed by atoms with Crippen LogP contribution < -0.4 is 5.32 Å². The van der Waals surface area contributed by atoms with Gasteiger partial charge in [0.1, 0.15) is 0 Å². The van der Waals surface area contributed by atoms with Crippen LogP contribution in [0.15, 0.2) is 30.2 Å². The van der Waals surface area contributed by atoms with Gasteiger partial charge in [-0.1, -0.05) is 12.1 Å². The molecule has 1 N–H and O–H groups in total. The van der Waals surface area contributed by atoms with E-state index in [1.807, 2.05) is 6.08 Å². The summed E-state index contributed by atoms with van der Waals surface area (Å²) in [5.41, 5.74) is 0. The minimum atomic E-state index is 0.454. The van der Waals surface area contributed by atoms with Crippen molar-refractivity contribution in [2.45, 2.75) is 32.4 Å². The smallest absolute Gasteiger partial charge is 0.0388 e. The lowest BCUT2D eigenvalue weighted by molar-refractivity contribution is 0.487. The predicted octanol–water partition coefficient (Wildman–Crippen LogP) is 3.36. The van der Waals surface area contributed by atoms with Crippen molar-refractivity contribution in [1.82, 2.24) is 5.32 Å². The van der Waals surface area contributed by atoms with E-state index in [1.165, 1.54) is 4.88 Å². The summed E-state index contributed by atoms with van der Waals surface area (Å²) in [5, 5.41) is 5.64. The molecule has 0 fully saturated rings. The summed E-state index contributed by atoms with van der Waals surface area (Å²) in [6.45, 7) is 8.12. The Hall–Kier alpha value is -0.600. The number of rotatable bonds is 5. The van der Waals surface area contributed by atoms with E-state index >= 15 is 0 Å². The molecule has 1 rings (SSSR count). The van der Waals surface area contributed by atoms with Gasteiger partial charge < -0.3 is 5.32 Å². The normalized spacial score (nSPS) is 15.2. The molecule has 1 aromatic rings. The van der Waals surface area contributed by atoms with E-state index < -0.39 is 0 Å². The maximum absolute atomic E-state index is 3.73. The van der Waals surface area contributed by atoms with E-state index in [0.717, 1.165) is 6.42 Å². The monoisotopic (exact) mass is 195 g/mol. The largest absolute Gasteiger partial charge is 0.307 e. The van der Waals surface area contributed by atoms with E-state index in [4.69, 9.17) is 0 Å². The SMILES string of the molecule is C=CCC(C)NC(C)c1cccs1. The molecule has 0 saturated heterocycles. The molecular weight excluding hydrogens is 178 g/mol. The van der Waals surface area contributed by atoms with Gasteiger partial charge in [0.2, 0.25) is 0 Å². The third kappa shape index (κ3) is 3.33. The summed E-state index contributed by atoms with van der Waals surface area (Å²) < 4.78 is 0. The maximum Gasteiger partial charge on any atom is 0.0388 e.